The predicted octanol–water partition coefficient (Wildman–Crippen LogP) is 3.52. The van der Waals surface area contributed by atoms with E-state index in [0.717, 1.165) is 11.1 Å². The number of nitrogens with one attached hydrogen (secondary N) is 1. The Bertz CT molecular complexity index is 746. The molecule has 1 amide bonds. The first-order valence-electron chi connectivity index (χ1n) is 7.36. The van der Waals surface area contributed by atoms with Gasteiger partial charge < -0.3 is 14.8 Å². The van der Waals surface area contributed by atoms with Crippen molar-refractivity contribution in [1.29, 1.82) is 0 Å². The zero-order chi connectivity index (χ0) is 17.5. The first-order chi connectivity index (χ1) is 11.5. The Morgan fingerprint density at radius 1 is 1.08 bits per heavy atom. The maximum atomic E-state index is 11.8. The van der Waals surface area contributed by atoms with Gasteiger partial charge in [-0.3, -0.25) is 4.79 Å². The fourth-order valence-corrected chi connectivity index (χ4v) is 2.22. The van der Waals surface area contributed by atoms with Gasteiger partial charge in [0.15, 0.2) is 13.2 Å². The van der Waals surface area contributed by atoms with E-state index in [4.69, 9.17) is 21.1 Å². The number of para-hydroxylation sites is 1. The molecule has 0 aliphatic heterocycles. The summed E-state index contributed by atoms with van der Waals surface area (Å²) in [6.45, 7) is 3.17. The van der Waals surface area contributed by atoms with Crippen LogP contribution in [0.3, 0.4) is 0 Å². The molecule has 0 heterocycles. The van der Waals surface area contributed by atoms with Crippen LogP contribution in [0.5, 0.6) is 5.75 Å². The first kappa shape index (κ1) is 17.8. The van der Waals surface area contributed by atoms with Crippen LogP contribution in [0.4, 0.5) is 5.69 Å². The molecule has 0 aliphatic carbocycles. The molecule has 0 radical (unpaired) electrons. The summed E-state index contributed by atoms with van der Waals surface area (Å²) in [6, 6.07) is 12.5. The van der Waals surface area contributed by atoms with Gasteiger partial charge in [0.2, 0.25) is 0 Å². The molecule has 0 saturated carbocycles. The molecule has 0 aliphatic rings. The van der Waals surface area contributed by atoms with Gasteiger partial charge >= 0.3 is 5.97 Å². The number of benzene rings is 2. The van der Waals surface area contributed by atoms with E-state index in [2.05, 4.69) is 5.32 Å². The van der Waals surface area contributed by atoms with Crippen molar-refractivity contribution >= 4 is 29.2 Å². The van der Waals surface area contributed by atoms with Crippen molar-refractivity contribution in [2.45, 2.75) is 13.8 Å². The van der Waals surface area contributed by atoms with Crippen LogP contribution in [-0.2, 0) is 14.3 Å². The highest BCUT2D eigenvalue weighted by Crippen LogP contribution is 2.22. The molecule has 0 saturated heterocycles. The number of aryl methyl sites for hydroxylation is 2. The quantitative estimate of drug-likeness (QED) is 0.812. The van der Waals surface area contributed by atoms with Gasteiger partial charge in [-0.25, -0.2) is 4.79 Å². The summed E-state index contributed by atoms with van der Waals surface area (Å²) in [5.41, 5.74) is 2.74. The molecule has 6 heteroatoms. The van der Waals surface area contributed by atoms with E-state index in [1.165, 1.54) is 0 Å². The number of carbonyl (C=O) groups is 2. The highest BCUT2D eigenvalue weighted by atomic mass is 35.5. The van der Waals surface area contributed by atoms with E-state index in [1.54, 1.807) is 24.3 Å². The van der Waals surface area contributed by atoms with Crippen LogP contribution in [0.2, 0.25) is 5.02 Å². The monoisotopic (exact) mass is 347 g/mol. The third kappa shape index (κ3) is 5.28. The van der Waals surface area contributed by atoms with Gasteiger partial charge in [-0.2, -0.15) is 0 Å². The summed E-state index contributed by atoms with van der Waals surface area (Å²) < 4.78 is 10.1. The van der Waals surface area contributed by atoms with Gasteiger partial charge in [0.25, 0.3) is 5.91 Å². The number of rotatable bonds is 6. The fourth-order valence-electron chi connectivity index (χ4n) is 2.03. The molecule has 24 heavy (non-hydrogen) atoms. The van der Waals surface area contributed by atoms with E-state index in [1.807, 2.05) is 32.0 Å². The zero-order valence-corrected chi connectivity index (χ0v) is 14.2. The maximum absolute atomic E-state index is 11.8. The van der Waals surface area contributed by atoms with Crippen LogP contribution < -0.4 is 10.1 Å². The fraction of sp³-hybridized carbons (Fsp3) is 0.222. The van der Waals surface area contributed by atoms with E-state index < -0.39 is 11.9 Å². The molecule has 2 rings (SSSR count). The summed E-state index contributed by atoms with van der Waals surface area (Å²) in [5.74, 6) is -0.672. The molecule has 0 bridgehead atoms. The Morgan fingerprint density at radius 2 is 1.83 bits per heavy atom. The van der Waals surface area contributed by atoms with Crippen molar-refractivity contribution in [3.63, 3.8) is 0 Å². The minimum atomic E-state index is -0.648. The van der Waals surface area contributed by atoms with Crippen molar-refractivity contribution in [3.8, 4) is 5.75 Å². The molecule has 1 N–H and O–H groups in total. The van der Waals surface area contributed by atoms with Crippen molar-refractivity contribution in [2.24, 2.45) is 0 Å². The molecule has 0 fully saturated rings. The summed E-state index contributed by atoms with van der Waals surface area (Å²) in [7, 11) is 0. The minimum absolute atomic E-state index is 0.319. The normalized spacial score (nSPS) is 10.1. The molecule has 126 valence electrons. The van der Waals surface area contributed by atoms with Gasteiger partial charge in [-0.1, -0.05) is 41.4 Å². The molecule has 0 unspecified atom stereocenters. The first-order valence-corrected chi connectivity index (χ1v) is 7.73. The van der Waals surface area contributed by atoms with E-state index >= 15 is 0 Å². The van der Waals surface area contributed by atoms with Crippen molar-refractivity contribution in [3.05, 3.63) is 58.6 Å². The summed E-state index contributed by atoms with van der Waals surface area (Å²) >= 11 is 5.91. The average Bonchev–Trinajstić information content (AvgIpc) is 2.55. The average molecular weight is 348 g/mol. The lowest BCUT2D eigenvalue weighted by molar-refractivity contribution is -0.149. The van der Waals surface area contributed by atoms with Gasteiger partial charge in [0.1, 0.15) is 5.75 Å². The Labute approximate surface area is 145 Å². The number of hydrogen-bond donors (Lipinski definition) is 1. The topological polar surface area (TPSA) is 64.6 Å². The van der Waals surface area contributed by atoms with Crippen molar-refractivity contribution in [1.82, 2.24) is 0 Å². The number of hydrogen-bond acceptors (Lipinski definition) is 4. The summed E-state index contributed by atoms with van der Waals surface area (Å²) in [6.07, 6.45) is 0. The lowest BCUT2D eigenvalue weighted by Crippen LogP contribution is -2.24. The largest absolute Gasteiger partial charge is 0.480 e. The van der Waals surface area contributed by atoms with Gasteiger partial charge in [0.05, 0.1) is 5.02 Å². The smallest absolute Gasteiger partial charge is 0.344 e. The molecular formula is C18H18ClNO4. The van der Waals surface area contributed by atoms with E-state index in [0.29, 0.717) is 16.5 Å². The summed E-state index contributed by atoms with van der Waals surface area (Å²) in [4.78, 5) is 23.5. The van der Waals surface area contributed by atoms with Crippen LogP contribution in [-0.4, -0.2) is 25.1 Å². The molecule has 0 aromatic heterocycles. The molecule has 0 spiro atoms. The maximum Gasteiger partial charge on any atom is 0.344 e. The van der Waals surface area contributed by atoms with Crippen molar-refractivity contribution in [2.75, 3.05) is 18.5 Å². The van der Waals surface area contributed by atoms with Crippen molar-refractivity contribution < 1.29 is 19.1 Å². The summed E-state index contributed by atoms with van der Waals surface area (Å²) in [5, 5.41) is 3.10. The second-order valence-corrected chi connectivity index (χ2v) is 5.65. The Hall–Kier alpha value is -2.53. The van der Waals surface area contributed by atoms with Crippen LogP contribution >= 0.6 is 11.6 Å². The highest BCUT2D eigenvalue weighted by Gasteiger charge is 2.10. The second-order valence-electron chi connectivity index (χ2n) is 5.25. The lowest BCUT2D eigenvalue weighted by Gasteiger charge is -2.10. The Balaban J connectivity index is 1.77. The number of halogens is 1. The predicted molar refractivity (Wildman–Crippen MR) is 92.5 cm³/mol. The SMILES string of the molecule is Cc1ccc(NC(=O)COC(=O)COc2ccccc2Cl)c(C)c1. The third-order valence-corrected chi connectivity index (χ3v) is 3.51. The Morgan fingerprint density at radius 3 is 2.54 bits per heavy atom. The second kappa shape index (κ2) is 8.36. The van der Waals surface area contributed by atoms with Gasteiger partial charge in [-0.15, -0.1) is 0 Å². The van der Waals surface area contributed by atoms with E-state index in [9.17, 15) is 9.59 Å². The minimum Gasteiger partial charge on any atom is -0.480 e. The van der Waals surface area contributed by atoms with Crippen LogP contribution in [0.15, 0.2) is 42.5 Å². The number of ether oxygens (including phenoxy) is 2. The van der Waals surface area contributed by atoms with Gasteiger partial charge in [-0.05, 0) is 37.6 Å². The molecule has 5 nitrogen and oxygen atoms in total. The highest BCUT2D eigenvalue weighted by molar-refractivity contribution is 6.32. The molecule has 2 aromatic carbocycles. The molecule has 2 aromatic rings. The zero-order valence-electron chi connectivity index (χ0n) is 13.5. The van der Waals surface area contributed by atoms with Crippen LogP contribution in [0, 0.1) is 13.8 Å². The molecule has 0 atom stereocenters. The van der Waals surface area contributed by atoms with E-state index in [-0.39, 0.29) is 13.2 Å². The third-order valence-electron chi connectivity index (χ3n) is 3.20. The van der Waals surface area contributed by atoms with Gasteiger partial charge in [0, 0.05) is 5.69 Å². The standard InChI is InChI=1S/C18H18ClNO4/c1-12-7-8-15(13(2)9-12)20-17(21)10-24-18(22)11-23-16-6-4-3-5-14(16)19/h3-9H,10-11H2,1-2H3,(H,20,21). The van der Waals surface area contributed by atoms with Crippen LogP contribution in [0.25, 0.3) is 0 Å². The number of carbonyl (C=O) groups excluding carboxylic acids is 2. The molecular weight excluding hydrogens is 330 g/mol. The number of amides is 1. The number of anilines is 1. The Kier molecular flexibility index (Phi) is 6.21. The van der Waals surface area contributed by atoms with Crippen LogP contribution in [0.1, 0.15) is 11.1 Å². The number of esters is 1. The lowest BCUT2D eigenvalue weighted by atomic mass is 10.1.